The van der Waals surface area contributed by atoms with Crippen molar-refractivity contribution in [3.05, 3.63) is 251 Å². The SMILES string of the molecule is CO[C@@H]1O[C@@H]2COC(C)(C)O[C@H]2[C@H](O[C@@H]2O[C@@H](C)[C@H](OCc3ccccc3)[C@@H](O[C@@H]3O[C@@H](C)[C@H](OCc4ccccc4)[C@@H](O[C@H]4O[C@H](COCc5ccccc5)[C@@H](OCc5ccccc5)[C@H](OCc5ccccc5)[C@H]4OCc4ccccc4)[C@H]3O)[C@H]2OCc2ccccc2)[C@H]1NC(C)=O. The molecule has 528 valence electrons. The molecular weight excluding hydrogens is 1270 g/mol. The summed E-state index contributed by atoms with van der Waals surface area (Å²) < 4.78 is 118. The number of aliphatic hydroxyl groups excluding tert-OH is 1. The largest absolute Gasteiger partial charge is 0.385 e. The summed E-state index contributed by atoms with van der Waals surface area (Å²) in [6.07, 6.45) is -20.0. The molecule has 1 amide bonds. The van der Waals surface area contributed by atoms with E-state index in [0.29, 0.717) is 0 Å². The fourth-order valence-electron chi connectivity index (χ4n) is 13.3. The molecule has 0 spiro atoms. The fraction of sp³-hybridized carbons (Fsp3) is 0.456. The van der Waals surface area contributed by atoms with Gasteiger partial charge in [0.25, 0.3) is 0 Å². The Morgan fingerprint density at radius 2 is 0.798 bits per heavy atom. The fourth-order valence-corrected chi connectivity index (χ4v) is 13.3. The van der Waals surface area contributed by atoms with Gasteiger partial charge in [-0.1, -0.05) is 212 Å². The number of methoxy groups -OCH3 is 1. The number of fused-ring (bicyclic) bond motifs is 1. The van der Waals surface area contributed by atoms with Crippen LogP contribution in [0.1, 0.15) is 73.6 Å². The molecule has 5 heterocycles. The van der Waals surface area contributed by atoms with Gasteiger partial charge in [0, 0.05) is 14.0 Å². The lowest BCUT2D eigenvalue weighted by Crippen LogP contribution is -2.71. The summed E-state index contributed by atoms with van der Waals surface area (Å²) >= 11 is 0. The lowest BCUT2D eigenvalue weighted by atomic mass is 9.93. The van der Waals surface area contributed by atoms with Gasteiger partial charge in [-0.15, -0.1) is 0 Å². The average molecular weight is 1360 g/mol. The molecule has 20 nitrogen and oxygen atoms in total. The maximum Gasteiger partial charge on any atom is 0.217 e. The third-order valence-corrected chi connectivity index (χ3v) is 18.3. The topological polar surface area (TPSA) is 206 Å². The van der Waals surface area contributed by atoms with E-state index < -0.39 is 129 Å². The lowest BCUT2D eigenvalue weighted by molar-refractivity contribution is -0.405. The molecule has 99 heavy (non-hydrogen) atoms. The second-order valence-electron chi connectivity index (χ2n) is 26.1. The Kier molecular flexibility index (Phi) is 25.7. The quantitative estimate of drug-likeness (QED) is 0.0429. The summed E-state index contributed by atoms with van der Waals surface area (Å²) in [5.74, 6) is -1.44. The number of rotatable bonds is 30. The second kappa shape index (κ2) is 35.3. The van der Waals surface area contributed by atoms with Crippen molar-refractivity contribution in [2.75, 3.05) is 20.3 Å². The predicted octanol–water partition coefficient (Wildman–Crippen LogP) is 10.5. The van der Waals surface area contributed by atoms with Gasteiger partial charge in [0.2, 0.25) is 5.91 Å². The highest BCUT2D eigenvalue weighted by molar-refractivity contribution is 5.73. The van der Waals surface area contributed by atoms with Crippen LogP contribution < -0.4 is 5.32 Å². The van der Waals surface area contributed by atoms with E-state index in [4.69, 9.17) is 80.5 Å². The minimum atomic E-state index is -1.65. The van der Waals surface area contributed by atoms with E-state index in [1.54, 1.807) is 13.8 Å². The third-order valence-electron chi connectivity index (χ3n) is 18.3. The van der Waals surface area contributed by atoms with Crippen molar-refractivity contribution in [3.63, 3.8) is 0 Å². The minimum Gasteiger partial charge on any atom is -0.385 e. The summed E-state index contributed by atoms with van der Waals surface area (Å²) in [5.41, 5.74) is 6.30. The normalized spacial score (nSPS) is 31.4. The summed E-state index contributed by atoms with van der Waals surface area (Å²) in [6.45, 7) is 10.0. The van der Waals surface area contributed by atoms with E-state index in [1.807, 2.05) is 226 Å². The maximum atomic E-state index is 13.6. The minimum absolute atomic E-state index is 0.0434. The number of hydrogen-bond donors (Lipinski definition) is 2. The molecule has 5 aliphatic rings. The van der Waals surface area contributed by atoms with Gasteiger partial charge in [-0.3, -0.25) is 4.79 Å². The highest BCUT2D eigenvalue weighted by Crippen LogP contribution is 2.41. The molecule has 5 aliphatic heterocycles. The molecule has 0 radical (unpaired) electrons. The molecule has 2 N–H and O–H groups in total. The molecule has 12 rings (SSSR count). The number of carbonyl (C=O) groups is 1. The van der Waals surface area contributed by atoms with Gasteiger partial charge in [-0.25, -0.2) is 0 Å². The second-order valence-corrected chi connectivity index (χ2v) is 26.1. The Balaban J connectivity index is 0.934. The van der Waals surface area contributed by atoms with Crippen LogP contribution in [0, 0.1) is 0 Å². The summed E-state index contributed by atoms with van der Waals surface area (Å²) in [6, 6.07) is 67.8. The van der Waals surface area contributed by atoms with Crippen LogP contribution in [0.4, 0.5) is 0 Å². The zero-order valence-electron chi connectivity index (χ0n) is 56.9. The Morgan fingerprint density at radius 1 is 0.434 bits per heavy atom. The monoisotopic (exact) mass is 1360 g/mol. The van der Waals surface area contributed by atoms with Gasteiger partial charge in [0.15, 0.2) is 30.9 Å². The number of amides is 1. The molecule has 5 saturated heterocycles. The zero-order chi connectivity index (χ0) is 68.5. The van der Waals surface area contributed by atoms with E-state index in [9.17, 15) is 9.90 Å². The first-order chi connectivity index (χ1) is 48.3. The Morgan fingerprint density at radius 3 is 1.24 bits per heavy atom. The molecule has 0 aliphatic carbocycles. The van der Waals surface area contributed by atoms with Crippen molar-refractivity contribution in [3.8, 4) is 0 Å². The van der Waals surface area contributed by atoms with E-state index in [2.05, 4.69) is 5.32 Å². The Labute approximate surface area is 580 Å². The molecule has 20 atom stereocenters. The average Bonchev–Trinajstić information content (AvgIpc) is 0.777. The number of carbonyl (C=O) groups excluding carboxylic acids is 1. The standard InChI is InChI=1S/C79H93NO19/c1-51-65(85-43-55-30-16-8-17-31-55)70(97-78-73(89-47-59-38-24-12-25-39-59)71(88-46-58-36-22-11-23-37-58)67(87-45-57-34-20-10-21-35-57)61(95-78)49-84-42-54-28-14-7-15-29-54)64(82)76(92-51)98-72-66(86-44-56-32-18-9-19-33-56)52(2)93-77(74(72)90-48-60-40-26-13-27-41-60)96-69-63(80-53(3)81)75(83-6)94-62-50-91-79(4,5)99-68(62)69/h7-41,51-52,61-78,82H,42-50H2,1-6H3,(H,80,81)/t51-,52-,61+,62+,63+,64+,65-,66-,67+,68+,69+,70-,71-,72+,73+,74+,75+,76-,77-,78+/m0/s1. The molecule has 20 heteroatoms. The van der Waals surface area contributed by atoms with Crippen molar-refractivity contribution in [2.24, 2.45) is 0 Å². The maximum absolute atomic E-state index is 13.6. The molecule has 7 aromatic rings. The van der Waals surface area contributed by atoms with Crippen LogP contribution in [0.25, 0.3) is 0 Å². The lowest BCUT2D eigenvalue weighted by Gasteiger charge is -2.53. The van der Waals surface area contributed by atoms with E-state index in [-0.39, 0.29) is 65.4 Å². The molecule has 0 bridgehead atoms. The number of aliphatic hydroxyl groups is 1. The van der Waals surface area contributed by atoms with Crippen LogP contribution >= 0.6 is 0 Å². The first kappa shape index (κ1) is 72.1. The molecule has 0 aromatic heterocycles. The Bertz CT molecular complexity index is 3480. The van der Waals surface area contributed by atoms with Crippen LogP contribution in [-0.4, -0.2) is 160 Å². The van der Waals surface area contributed by atoms with E-state index in [1.165, 1.54) is 14.0 Å². The van der Waals surface area contributed by atoms with Gasteiger partial charge in [-0.05, 0) is 66.6 Å². The van der Waals surface area contributed by atoms with Crippen LogP contribution in [0.3, 0.4) is 0 Å². The number of nitrogens with one attached hydrogen (secondary N) is 1. The van der Waals surface area contributed by atoms with Crippen LogP contribution in [0.5, 0.6) is 0 Å². The highest BCUT2D eigenvalue weighted by atomic mass is 16.8. The van der Waals surface area contributed by atoms with Gasteiger partial charge in [-0.2, -0.15) is 0 Å². The van der Waals surface area contributed by atoms with Gasteiger partial charge >= 0.3 is 0 Å². The Hall–Kier alpha value is -6.71. The number of ether oxygens (including phenoxy) is 17. The van der Waals surface area contributed by atoms with Gasteiger partial charge < -0.3 is 90.9 Å². The summed E-state index contributed by atoms with van der Waals surface area (Å²) in [7, 11) is 1.49. The van der Waals surface area contributed by atoms with Gasteiger partial charge in [0.1, 0.15) is 85.4 Å². The molecule has 7 aromatic carbocycles. The van der Waals surface area contributed by atoms with Gasteiger partial charge in [0.05, 0.1) is 71.7 Å². The summed E-state index contributed by atoms with van der Waals surface area (Å²) in [4.78, 5) is 13.2. The van der Waals surface area contributed by atoms with Crippen LogP contribution in [-0.2, 0) is 132 Å². The first-order valence-corrected chi connectivity index (χ1v) is 34.3. The predicted molar refractivity (Wildman–Crippen MR) is 362 cm³/mol. The van der Waals surface area contributed by atoms with E-state index in [0.717, 1.165) is 38.9 Å². The van der Waals surface area contributed by atoms with Crippen molar-refractivity contribution < 1.29 is 90.4 Å². The van der Waals surface area contributed by atoms with Crippen LogP contribution in [0.15, 0.2) is 212 Å². The zero-order valence-corrected chi connectivity index (χ0v) is 56.9. The van der Waals surface area contributed by atoms with Crippen molar-refractivity contribution in [2.45, 2.75) is 209 Å². The first-order valence-electron chi connectivity index (χ1n) is 34.3. The number of hydrogen-bond acceptors (Lipinski definition) is 19. The summed E-state index contributed by atoms with van der Waals surface area (Å²) in [5, 5.41) is 16.7. The molecule has 0 unspecified atom stereocenters. The van der Waals surface area contributed by atoms with Crippen molar-refractivity contribution in [1.82, 2.24) is 5.32 Å². The van der Waals surface area contributed by atoms with Crippen molar-refractivity contribution in [1.29, 1.82) is 0 Å². The third kappa shape index (κ3) is 19.3. The van der Waals surface area contributed by atoms with Crippen LogP contribution in [0.2, 0.25) is 0 Å². The molecule has 5 fully saturated rings. The molecular formula is C79H93NO19. The molecule has 0 saturated carbocycles. The smallest absolute Gasteiger partial charge is 0.217 e. The van der Waals surface area contributed by atoms with Crippen molar-refractivity contribution >= 4 is 5.91 Å². The number of benzene rings is 7. The van der Waals surface area contributed by atoms with E-state index >= 15 is 0 Å². The highest BCUT2D eigenvalue weighted by Gasteiger charge is 2.59.